The predicted molar refractivity (Wildman–Crippen MR) is 72.8 cm³/mol. The number of allylic oxidation sites excluding steroid dienone is 2. The molecule has 5 rings (SSSR count). The lowest BCUT2D eigenvalue weighted by Gasteiger charge is -2.41. The van der Waals surface area contributed by atoms with Gasteiger partial charge in [0.15, 0.2) is 0 Å². The van der Waals surface area contributed by atoms with Crippen molar-refractivity contribution in [1.29, 1.82) is 0 Å². The van der Waals surface area contributed by atoms with Gasteiger partial charge in [-0.25, -0.2) is 0 Å². The van der Waals surface area contributed by atoms with E-state index in [0.717, 1.165) is 12.8 Å². The van der Waals surface area contributed by atoms with Crippen molar-refractivity contribution < 1.29 is 31.8 Å². The number of aliphatic hydroxyl groups is 1. The molecule has 0 radical (unpaired) electrons. The molecule has 2 nitrogen and oxygen atoms in total. The van der Waals surface area contributed by atoms with E-state index in [1.54, 1.807) is 0 Å². The maximum Gasteiger partial charge on any atom is 0.449 e. The normalized spacial score (nSPS) is 57.1. The number of hydrogen-bond acceptors (Lipinski definition) is 2. The quantitative estimate of drug-likeness (QED) is 0.445. The van der Waals surface area contributed by atoms with Crippen molar-refractivity contribution in [3.63, 3.8) is 0 Å². The van der Waals surface area contributed by atoms with Crippen LogP contribution in [0.15, 0.2) is 12.2 Å². The molecule has 1 N–H and O–H groups in total. The lowest BCUT2D eigenvalue weighted by atomic mass is 9.65. The van der Waals surface area contributed by atoms with Crippen LogP contribution >= 0.6 is 0 Å². The van der Waals surface area contributed by atoms with Crippen molar-refractivity contribution in [1.82, 2.24) is 0 Å². The van der Waals surface area contributed by atoms with Crippen LogP contribution in [0.25, 0.3) is 0 Å². The molecule has 134 valence electrons. The summed E-state index contributed by atoms with van der Waals surface area (Å²) in [6.07, 6.45) is 1.35. The molecule has 0 spiro atoms. The van der Waals surface area contributed by atoms with E-state index in [1.165, 1.54) is 0 Å². The first kappa shape index (κ1) is 15.6. The summed E-state index contributed by atoms with van der Waals surface area (Å²) >= 11 is 0. The van der Waals surface area contributed by atoms with E-state index in [-0.39, 0.29) is 5.92 Å². The molecule has 4 aliphatic carbocycles. The molecule has 24 heavy (non-hydrogen) atoms. The standard InChI is InChI=1S/C17H19F5O2/c18-15(19)12(6-24-16(15,23)17(20,21)22)10-4-9-5-11(10)14-8-2-1-7(3-8)13(9)14/h1-2,7-14,23H,3-6H2. The summed E-state index contributed by atoms with van der Waals surface area (Å²) in [5.41, 5.74) is 0. The van der Waals surface area contributed by atoms with Crippen LogP contribution in [-0.2, 0) is 4.74 Å². The molecule has 0 amide bonds. The molecule has 0 aromatic rings. The van der Waals surface area contributed by atoms with E-state index in [2.05, 4.69) is 16.9 Å². The number of fused-ring (bicyclic) bond motifs is 9. The van der Waals surface area contributed by atoms with E-state index < -0.39 is 36.3 Å². The van der Waals surface area contributed by atoms with Crippen molar-refractivity contribution in [2.45, 2.75) is 37.1 Å². The van der Waals surface area contributed by atoms with E-state index >= 15 is 0 Å². The minimum Gasteiger partial charge on any atom is -0.354 e. The van der Waals surface area contributed by atoms with Gasteiger partial charge in [-0.2, -0.15) is 22.0 Å². The molecule has 4 fully saturated rings. The van der Waals surface area contributed by atoms with Gasteiger partial charge < -0.3 is 9.84 Å². The molecule has 0 aromatic carbocycles. The third-order valence-corrected chi connectivity index (χ3v) is 7.61. The first-order valence-corrected chi connectivity index (χ1v) is 8.64. The largest absolute Gasteiger partial charge is 0.449 e. The second-order valence-corrected chi connectivity index (χ2v) is 8.34. The van der Waals surface area contributed by atoms with Gasteiger partial charge in [-0.05, 0) is 60.7 Å². The Kier molecular flexibility index (Phi) is 2.81. The maximum atomic E-state index is 14.6. The van der Waals surface area contributed by atoms with Crippen LogP contribution in [0, 0.1) is 47.3 Å². The monoisotopic (exact) mass is 350 g/mol. The van der Waals surface area contributed by atoms with Crippen molar-refractivity contribution in [2.75, 3.05) is 6.61 Å². The molecular formula is C17H19F5O2. The summed E-state index contributed by atoms with van der Waals surface area (Å²) in [7, 11) is 0. The number of hydrogen-bond donors (Lipinski definition) is 1. The van der Waals surface area contributed by atoms with Crippen LogP contribution in [0.1, 0.15) is 19.3 Å². The molecular weight excluding hydrogens is 331 g/mol. The summed E-state index contributed by atoms with van der Waals surface area (Å²) in [6, 6.07) is 0. The number of halogens is 5. The van der Waals surface area contributed by atoms with Gasteiger partial charge >= 0.3 is 17.9 Å². The zero-order valence-electron chi connectivity index (χ0n) is 12.8. The fourth-order valence-electron chi connectivity index (χ4n) is 6.86. The van der Waals surface area contributed by atoms with Crippen LogP contribution < -0.4 is 0 Å². The lowest BCUT2D eigenvalue weighted by molar-refractivity contribution is -0.405. The van der Waals surface area contributed by atoms with Crippen molar-refractivity contribution in [3.05, 3.63) is 12.2 Å². The first-order chi connectivity index (χ1) is 11.1. The van der Waals surface area contributed by atoms with Crippen LogP contribution in [0.3, 0.4) is 0 Å². The Morgan fingerprint density at radius 2 is 1.58 bits per heavy atom. The van der Waals surface area contributed by atoms with Gasteiger partial charge in [0.1, 0.15) is 0 Å². The highest BCUT2D eigenvalue weighted by Crippen LogP contribution is 2.70. The van der Waals surface area contributed by atoms with Gasteiger partial charge in [-0.3, -0.25) is 0 Å². The third-order valence-electron chi connectivity index (χ3n) is 7.61. The van der Waals surface area contributed by atoms with E-state index in [9.17, 15) is 27.1 Å². The number of alkyl halides is 5. The van der Waals surface area contributed by atoms with Gasteiger partial charge in [0.05, 0.1) is 12.5 Å². The fourth-order valence-corrected chi connectivity index (χ4v) is 6.86. The molecule has 4 bridgehead atoms. The second-order valence-electron chi connectivity index (χ2n) is 8.34. The minimum absolute atomic E-state index is 0.0370. The molecule has 3 saturated carbocycles. The predicted octanol–water partition coefficient (Wildman–Crippen LogP) is 3.61. The molecule has 5 aliphatic rings. The third kappa shape index (κ3) is 1.59. The zero-order valence-corrected chi connectivity index (χ0v) is 12.8. The van der Waals surface area contributed by atoms with E-state index in [1.807, 2.05) is 0 Å². The van der Waals surface area contributed by atoms with E-state index in [0.29, 0.717) is 36.0 Å². The Bertz CT molecular complexity index is 602. The Labute approximate surface area is 136 Å². The van der Waals surface area contributed by atoms with Gasteiger partial charge in [0.25, 0.3) is 0 Å². The first-order valence-electron chi connectivity index (χ1n) is 8.64. The average Bonchev–Trinajstić information content (AvgIpc) is 3.24. The highest BCUT2D eigenvalue weighted by molar-refractivity contribution is 5.22. The minimum atomic E-state index is -5.50. The zero-order chi connectivity index (χ0) is 17.1. The van der Waals surface area contributed by atoms with Gasteiger partial charge in [-0.1, -0.05) is 12.2 Å². The molecule has 1 heterocycles. The van der Waals surface area contributed by atoms with E-state index in [4.69, 9.17) is 0 Å². The Hall–Kier alpha value is -0.690. The highest BCUT2D eigenvalue weighted by Gasteiger charge is 2.79. The summed E-state index contributed by atoms with van der Waals surface area (Å²) in [4.78, 5) is 0. The topological polar surface area (TPSA) is 29.5 Å². The molecule has 7 heteroatoms. The van der Waals surface area contributed by atoms with Crippen LogP contribution in [-0.4, -0.2) is 29.6 Å². The van der Waals surface area contributed by atoms with Crippen LogP contribution in [0.2, 0.25) is 0 Å². The van der Waals surface area contributed by atoms with Gasteiger partial charge in [-0.15, -0.1) is 0 Å². The second kappa shape index (κ2) is 4.34. The SMILES string of the molecule is OC1(C(F)(F)F)OCC(C2CC3CC2C2C4C=CC(C4)C32)C1(F)F. The molecule has 1 aliphatic heterocycles. The lowest BCUT2D eigenvalue weighted by Crippen LogP contribution is -2.59. The smallest absolute Gasteiger partial charge is 0.354 e. The molecule has 9 atom stereocenters. The fraction of sp³-hybridized carbons (Fsp3) is 0.882. The molecule has 1 saturated heterocycles. The average molecular weight is 350 g/mol. The highest BCUT2D eigenvalue weighted by atomic mass is 19.4. The Morgan fingerprint density at radius 3 is 2.21 bits per heavy atom. The van der Waals surface area contributed by atoms with Crippen LogP contribution in [0.4, 0.5) is 22.0 Å². The molecule has 9 unspecified atom stereocenters. The number of ether oxygens (including phenoxy) is 1. The molecule has 0 aromatic heterocycles. The van der Waals surface area contributed by atoms with Crippen molar-refractivity contribution in [3.8, 4) is 0 Å². The number of rotatable bonds is 1. The summed E-state index contributed by atoms with van der Waals surface area (Å²) in [5, 5.41) is 9.54. The van der Waals surface area contributed by atoms with Gasteiger partial charge in [0, 0.05) is 0 Å². The van der Waals surface area contributed by atoms with Gasteiger partial charge in [0.2, 0.25) is 0 Å². The Balaban J connectivity index is 1.44. The van der Waals surface area contributed by atoms with Crippen molar-refractivity contribution >= 4 is 0 Å². The van der Waals surface area contributed by atoms with Crippen LogP contribution in [0.5, 0.6) is 0 Å². The van der Waals surface area contributed by atoms with Crippen molar-refractivity contribution in [2.24, 2.45) is 47.3 Å². The Morgan fingerprint density at radius 1 is 0.958 bits per heavy atom. The summed E-state index contributed by atoms with van der Waals surface area (Å²) in [5.74, 6) is -8.53. The maximum absolute atomic E-state index is 14.6. The summed E-state index contributed by atoms with van der Waals surface area (Å²) in [6.45, 7) is -0.724. The summed E-state index contributed by atoms with van der Waals surface area (Å²) < 4.78 is 72.3.